The van der Waals surface area contributed by atoms with E-state index in [-0.39, 0.29) is 31.2 Å². The monoisotopic (exact) mass is 360 g/mol. The normalized spacial score (nSPS) is 21.8. The van der Waals surface area contributed by atoms with Gasteiger partial charge in [-0.3, -0.25) is 4.79 Å². The summed E-state index contributed by atoms with van der Waals surface area (Å²) in [4.78, 5) is 15.3. The number of aliphatic imine (C=N–C) groups is 1. The molecular weight excluding hydrogens is 337 g/mol. The van der Waals surface area contributed by atoms with Crippen molar-refractivity contribution < 1.29 is 22.4 Å². The van der Waals surface area contributed by atoms with Crippen LogP contribution >= 0.6 is 0 Å². The molecule has 25 heavy (non-hydrogen) atoms. The van der Waals surface area contributed by atoms with E-state index >= 15 is 0 Å². The Bertz CT molecular complexity index is 605. The first-order chi connectivity index (χ1) is 11.8. The minimum Gasteiger partial charge on any atom is -0.454 e. The predicted molar refractivity (Wildman–Crippen MR) is 87.0 cm³/mol. The van der Waals surface area contributed by atoms with Crippen molar-refractivity contribution in [3.8, 4) is 0 Å². The molecule has 0 aromatic carbocycles. The number of primary amides is 1. The molecule has 1 heterocycles. The Hall–Kier alpha value is -2.19. The van der Waals surface area contributed by atoms with E-state index in [1.54, 1.807) is 6.07 Å². The maximum Gasteiger partial charge on any atom is 0.391 e. The van der Waals surface area contributed by atoms with Crippen LogP contribution in [0.1, 0.15) is 48.9 Å². The van der Waals surface area contributed by atoms with Crippen LogP contribution < -0.4 is 16.4 Å². The van der Waals surface area contributed by atoms with E-state index in [4.69, 9.17) is 10.2 Å². The van der Waals surface area contributed by atoms with Crippen LogP contribution in [0.5, 0.6) is 0 Å². The van der Waals surface area contributed by atoms with Gasteiger partial charge in [-0.2, -0.15) is 13.2 Å². The Balaban J connectivity index is 1.90. The number of hydrogen-bond donors (Lipinski definition) is 3. The molecule has 1 amide bonds. The van der Waals surface area contributed by atoms with E-state index in [0.29, 0.717) is 31.1 Å². The molecule has 2 rings (SSSR count). The van der Waals surface area contributed by atoms with Gasteiger partial charge >= 0.3 is 6.18 Å². The molecule has 1 aliphatic rings. The Morgan fingerprint density at radius 1 is 1.32 bits per heavy atom. The largest absolute Gasteiger partial charge is 0.454 e. The molecule has 0 bridgehead atoms. The van der Waals surface area contributed by atoms with Gasteiger partial charge in [-0.15, -0.1) is 0 Å². The van der Waals surface area contributed by atoms with Crippen LogP contribution in [0.2, 0.25) is 0 Å². The fourth-order valence-corrected chi connectivity index (χ4v) is 2.83. The van der Waals surface area contributed by atoms with Crippen molar-refractivity contribution >= 4 is 11.9 Å². The molecule has 0 atom stereocenters. The van der Waals surface area contributed by atoms with Gasteiger partial charge in [-0.25, -0.2) is 4.99 Å². The molecule has 0 saturated heterocycles. The highest BCUT2D eigenvalue weighted by atomic mass is 19.4. The summed E-state index contributed by atoms with van der Waals surface area (Å²) in [5.74, 6) is -0.808. The van der Waals surface area contributed by atoms with Crippen molar-refractivity contribution in [2.75, 3.05) is 6.54 Å². The summed E-state index contributed by atoms with van der Waals surface area (Å²) >= 11 is 0. The predicted octanol–water partition coefficient (Wildman–Crippen LogP) is 2.55. The van der Waals surface area contributed by atoms with E-state index in [1.807, 2.05) is 6.92 Å². The van der Waals surface area contributed by atoms with Gasteiger partial charge in [0.25, 0.3) is 5.91 Å². The van der Waals surface area contributed by atoms with Gasteiger partial charge in [-0.1, -0.05) is 0 Å². The van der Waals surface area contributed by atoms with Gasteiger partial charge < -0.3 is 20.8 Å². The van der Waals surface area contributed by atoms with Crippen LogP contribution in [0.3, 0.4) is 0 Å². The number of nitrogens with zero attached hydrogens (tertiary/aromatic N) is 1. The second-order valence-corrected chi connectivity index (χ2v) is 6.06. The van der Waals surface area contributed by atoms with Crippen LogP contribution in [0.4, 0.5) is 13.2 Å². The van der Waals surface area contributed by atoms with E-state index in [1.165, 1.54) is 6.07 Å². The third-order valence-corrected chi connectivity index (χ3v) is 4.17. The summed E-state index contributed by atoms with van der Waals surface area (Å²) in [7, 11) is 0. The lowest BCUT2D eigenvalue weighted by atomic mass is 9.85. The van der Waals surface area contributed by atoms with Crippen LogP contribution in [0.25, 0.3) is 0 Å². The fourth-order valence-electron chi connectivity index (χ4n) is 2.83. The maximum atomic E-state index is 12.7. The molecule has 0 radical (unpaired) electrons. The van der Waals surface area contributed by atoms with Crippen LogP contribution in [-0.2, 0) is 6.54 Å². The fraction of sp³-hybridized carbons (Fsp3) is 0.625. The minimum atomic E-state index is -4.11. The molecule has 140 valence electrons. The summed E-state index contributed by atoms with van der Waals surface area (Å²) in [6.07, 6.45) is -2.97. The number of amides is 1. The van der Waals surface area contributed by atoms with Gasteiger partial charge in [-0.05, 0) is 44.7 Å². The Morgan fingerprint density at radius 2 is 2.00 bits per heavy atom. The zero-order valence-electron chi connectivity index (χ0n) is 14.0. The minimum absolute atomic E-state index is 0.0471. The second-order valence-electron chi connectivity index (χ2n) is 6.06. The molecule has 9 heteroatoms. The Morgan fingerprint density at radius 3 is 2.52 bits per heavy atom. The van der Waals surface area contributed by atoms with E-state index in [0.717, 1.165) is 0 Å². The number of furan rings is 1. The smallest absolute Gasteiger partial charge is 0.391 e. The van der Waals surface area contributed by atoms with Crippen molar-refractivity contribution in [1.29, 1.82) is 0 Å². The SMILES string of the molecule is CCNC(=NCc1ccc(C(N)=O)o1)NC1CCC(C(F)(F)F)CC1. The zero-order chi connectivity index (χ0) is 18.4. The lowest BCUT2D eigenvalue weighted by Crippen LogP contribution is -2.45. The number of nitrogens with one attached hydrogen (secondary N) is 2. The average Bonchev–Trinajstić information content (AvgIpc) is 3.02. The van der Waals surface area contributed by atoms with Crippen molar-refractivity contribution in [1.82, 2.24) is 10.6 Å². The molecule has 1 aliphatic carbocycles. The molecule has 6 nitrogen and oxygen atoms in total. The highest BCUT2D eigenvalue weighted by molar-refractivity contribution is 5.89. The second kappa shape index (κ2) is 8.26. The number of carbonyl (C=O) groups excluding carboxylic acids is 1. The lowest BCUT2D eigenvalue weighted by molar-refractivity contribution is -0.182. The molecule has 1 aromatic heterocycles. The highest BCUT2D eigenvalue weighted by Gasteiger charge is 2.41. The first-order valence-corrected chi connectivity index (χ1v) is 8.29. The van der Waals surface area contributed by atoms with Crippen molar-refractivity contribution in [2.45, 2.75) is 51.4 Å². The number of alkyl halides is 3. The van der Waals surface area contributed by atoms with Crippen molar-refractivity contribution in [3.05, 3.63) is 23.7 Å². The molecule has 1 aromatic rings. The van der Waals surface area contributed by atoms with Crippen LogP contribution in [0.15, 0.2) is 21.5 Å². The van der Waals surface area contributed by atoms with Gasteiger partial charge in [0.2, 0.25) is 0 Å². The number of carbonyl (C=O) groups is 1. The number of halogens is 3. The summed E-state index contributed by atoms with van der Waals surface area (Å²) in [5, 5.41) is 6.22. The van der Waals surface area contributed by atoms with E-state index in [9.17, 15) is 18.0 Å². The van der Waals surface area contributed by atoms with Crippen molar-refractivity contribution in [2.24, 2.45) is 16.6 Å². The van der Waals surface area contributed by atoms with Crippen LogP contribution in [-0.4, -0.2) is 30.6 Å². The molecule has 0 aliphatic heterocycles. The lowest BCUT2D eigenvalue weighted by Gasteiger charge is -2.31. The van der Waals surface area contributed by atoms with E-state index < -0.39 is 18.0 Å². The molecule has 1 fully saturated rings. The van der Waals surface area contributed by atoms with Gasteiger partial charge in [0.05, 0.1) is 5.92 Å². The molecular formula is C16H23F3N4O2. The molecule has 0 spiro atoms. The Kier molecular flexibility index (Phi) is 6.33. The van der Waals surface area contributed by atoms with E-state index in [2.05, 4.69) is 15.6 Å². The Labute approximate surface area is 144 Å². The topological polar surface area (TPSA) is 92.6 Å². The number of rotatable bonds is 5. The molecule has 4 N–H and O–H groups in total. The zero-order valence-corrected chi connectivity index (χ0v) is 14.0. The number of guanidine groups is 1. The first kappa shape index (κ1) is 19.1. The molecule has 0 unspecified atom stereocenters. The third kappa shape index (κ3) is 5.68. The molecule has 1 saturated carbocycles. The highest BCUT2D eigenvalue weighted by Crippen LogP contribution is 2.37. The standard InChI is InChI=1S/C16H23F3N4O2/c1-2-21-15(22-9-12-7-8-13(25-12)14(20)24)23-11-5-3-10(4-6-11)16(17,18)19/h7-8,10-11H,2-6,9H2,1H3,(H2,20,24)(H2,21,22,23). The van der Waals surface area contributed by atoms with Crippen LogP contribution in [0, 0.1) is 5.92 Å². The summed E-state index contributed by atoms with van der Waals surface area (Å²) < 4.78 is 43.4. The maximum absolute atomic E-state index is 12.7. The van der Waals surface area contributed by atoms with Gasteiger partial charge in [0.15, 0.2) is 11.7 Å². The van der Waals surface area contributed by atoms with Gasteiger partial charge in [0.1, 0.15) is 12.3 Å². The number of hydrogen-bond acceptors (Lipinski definition) is 3. The summed E-state index contributed by atoms with van der Waals surface area (Å²) in [6.45, 7) is 2.71. The summed E-state index contributed by atoms with van der Waals surface area (Å²) in [5.41, 5.74) is 5.12. The first-order valence-electron chi connectivity index (χ1n) is 8.29. The quantitative estimate of drug-likeness (QED) is 0.556. The third-order valence-electron chi connectivity index (χ3n) is 4.17. The number of nitrogens with two attached hydrogens (primary N) is 1. The summed E-state index contributed by atoms with van der Waals surface area (Å²) in [6, 6.07) is 3.04. The van der Waals surface area contributed by atoms with Crippen molar-refractivity contribution in [3.63, 3.8) is 0 Å². The van der Waals surface area contributed by atoms with Gasteiger partial charge in [0, 0.05) is 12.6 Å². The average molecular weight is 360 g/mol.